The van der Waals surface area contributed by atoms with Gasteiger partial charge < -0.3 is 4.74 Å². The zero-order valence-corrected chi connectivity index (χ0v) is 24.1. The molecule has 0 saturated carbocycles. The second kappa shape index (κ2) is 9.80. The van der Waals surface area contributed by atoms with Crippen molar-refractivity contribution in [3.05, 3.63) is 52.9 Å². The molecule has 4 rings (SSSR count). The lowest BCUT2D eigenvalue weighted by Gasteiger charge is -2.24. The van der Waals surface area contributed by atoms with E-state index in [4.69, 9.17) is 9.84 Å². The van der Waals surface area contributed by atoms with E-state index in [0.717, 1.165) is 39.0 Å². The topological polar surface area (TPSA) is 79.0 Å². The molecule has 3 aromatic heterocycles. The fourth-order valence-electron chi connectivity index (χ4n) is 3.96. The Morgan fingerprint density at radius 1 is 1.11 bits per heavy atom. The van der Waals surface area contributed by atoms with Crippen LogP contribution in [0.2, 0.25) is 0 Å². The molecule has 184 valence electrons. The molecule has 0 fully saturated rings. The van der Waals surface area contributed by atoms with Crippen molar-refractivity contribution in [2.45, 2.75) is 18.6 Å². The average Bonchev–Trinajstić information content (AvgIpc) is 3.27. The van der Waals surface area contributed by atoms with Crippen molar-refractivity contribution >= 4 is 73.8 Å². The van der Waals surface area contributed by atoms with Gasteiger partial charge in [0.15, 0.2) is 15.7 Å². The fraction of sp³-hybridized carbons (Fsp3) is 0.304. The Morgan fingerprint density at radius 3 is 2.46 bits per heavy atom. The standard InChI is InChI=1S/C23H29B2BrN4O3S2/c1-15-5-7-16(8-6-15)35(31,32)30-13-18(17-11-20(26)27-12-19(17)30)21-22(24)28-29(23(21)25)14-33-9-10-34(2,3)4/h5-8,11-13H,9-10,14,24-25H2,1-4H3. The van der Waals surface area contributed by atoms with Gasteiger partial charge in [0.2, 0.25) is 0 Å². The van der Waals surface area contributed by atoms with Crippen LogP contribution in [0.5, 0.6) is 0 Å². The minimum absolute atomic E-state index is 0.230. The van der Waals surface area contributed by atoms with E-state index in [1.54, 1.807) is 36.7 Å². The predicted octanol–water partition coefficient (Wildman–Crippen LogP) is 1.39. The Balaban J connectivity index is 1.79. The van der Waals surface area contributed by atoms with E-state index in [1.165, 1.54) is 3.97 Å². The van der Waals surface area contributed by atoms with Gasteiger partial charge >= 0.3 is 0 Å². The number of nitrogens with zero attached hydrogens (tertiary/aromatic N) is 4. The van der Waals surface area contributed by atoms with E-state index in [9.17, 15) is 8.42 Å². The zero-order valence-electron chi connectivity index (χ0n) is 20.9. The van der Waals surface area contributed by atoms with Crippen LogP contribution in [-0.4, -0.2) is 74.0 Å². The highest BCUT2D eigenvalue weighted by Gasteiger charge is 2.25. The fourth-order valence-corrected chi connectivity index (χ4v) is 6.27. The third-order valence-corrected chi connectivity index (χ3v) is 9.42. The largest absolute Gasteiger partial charge is 0.358 e. The summed E-state index contributed by atoms with van der Waals surface area (Å²) in [6, 6.07) is 8.72. The summed E-state index contributed by atoms with van der Waals surface area (Å²) in [4.78, 5) is 4.54. The van der Waals surface area contributed by atoms with E-state index in [-0.39, 0.29) is 4.90 Å². The molecule has 0 atom stereocenters. The van der Waals surface area contributed by atoms with Crippen LogP contribution in [0.3, 0.4) is 0 Å². The number of ether oxygens (including phenoxy) is 1. The van der Waals surface area contributed by atoms with Gasteiger partial charge in [-0.25, -0.2) is 27.4 Å². The van der Waals surface area contributed by atoms with Crippen LogP contribution in [0.1, 0.15) is 5.56 Å². The van der Waals surface area contributed by atoms with Crippen molar-refractivity contribution in [2.24, 2.45) is 0 Å². The monoisotopic (exact) mass is 574 g/mol. The molecule has 0 spiro atoms. The summed E-state index contributed by atoms with van der Waals surface area (Å²) < 4.78 is 36.9. The number of hydrogen-bond acceptors (Lipinski definition) is 5. The molecule has 0 saturated heterocycles. The Morgan fingerprint density at radius 2 is 1.80 bits per heavy atom. The maximum absolute atomic E-state index is 13.6. The van der Waals surface area contributed by atoms with Crippen molar-refractivity contribution in [1.82, 2.24) is 18.7 Å². The SMILES string of the molecule is Bc1nn(COCCS(C)(C)C)c(B)c1-c1cn(S(=O)(=O)c2ccc(C)cc2)c2cnc(Br)cc12. The lowest BCUT2D eigenvalue weighted by molar-refractivity contribution is 0.0835. The Hall–Kier alpha value is -2.01. The number of aromatic nitrogens is 4. The molecule has 3 heterocycles. The van der Waals surface area contributed by atoms with Gasteiger partial charge in [-0.15, -0.1) is 0 Å². The van der Waals surface area contributed by atoms with Crippen LogP contribution in [0.4, 0.5) is 0 Å². The molecule has 0 unspecified atom stereocenters. The first kappa shape index (κ1) is 26.1. The molecule has 7 nitrogen and oxygen atoms in total. The molecule has 4 aromatic rings. The maximum Gasteiger partial charge on any atom is 0.268 e. The van der Waals surface area contributed by atoms with Crippen molar-refractivity contribution < 1.29 is 13.2 Å². The highest BCUT2D eigenvalue weighted by atomic mass is 79.9. The van der Waals surface area contributed by atoms with Gasteiger partial charge in [0.25, 0.3) is 10.0 Å². The number of aryl methyl sites for hydroxylation is 1. The molecule has 0 N–H and O–H groups in total. The number of benzene rings is 1. The van der Waals surface area contributed by atoms with E-state index in [2.05, 4.69) is 39.7 Å². The van der Waals surface area contributed by atoms with Gasteiger partial charge in [0, 0.05) is 39.6 Å². The zero-order chi connectivity index (χ0) is 25.5. The first-order valence-electron chi connectivity index (χ1n) is 11.2. The summed E-state index contributed by atoms with van der Waals surface area (Å²) in [6.45, 7) is 2.96. The minimum Gasteiger partial charge on any atom is -0.358 e. The lowest BCUT2D eigenvalue weighted by Crippen LogP contribution is -2.22. The van der Waals surface area contributed by atoms with E-state index < -0.39 is 20.1 Å². The molecule has 0 aliphatic rings. The highest BCUT2D eigenvalue weighted by molar-refractivity contribution is 9.10. The third kappa shape index (κ3) is 5.40. The molecular formula is C23H29B2BrN4O3S2. The smallest absolute Gasteiger partial charge is 0.268 e. The minimum atomic E-state index is -3.82. The molecule has 0 bridgehead atoms. The quantitative estimate of drug-likeness (QED) is 0.181. The average molecular weight is 575 g/mol. The molecule has 1 aromatic carbocycles. The molecule has 0 radical (unpaired) electrons. The molecule has 12 heteroatoms. The van der Waals surface area contributed by atoms with Crippen LogP contribution in [0.15, 0.2) is 52.2 Å². The lowest BCUT2D eigenvalue weighted by atomic mass is 9.87. The number of hydrogen-bond donors (Lipinski definition) is 0. The van der Waals surface area contributed by atoms with Gasteiger partial charge in [-0.1, -0.05) is 17.7 Å². The third-order valence-electron chi connectivity index (χ3n) is 5.91. The van der Waals surface area contributed by atoms with Gasteiger partial charge in [-0.3, -0.25) is 4.68 Å². The second-order valence-corrected chi connectivity index (χ2v) is 16.8. The van der Waals surface area contributed by atoms with Crippen molar-refractivity contribution in [3.63, 3.8) is 0 Å². The molecular weight excluding hydrogens is 546 g/mol. The first-order valence-corrected chi connectivity index (χ1v) is 16.4. The Labute approximate surface area is 218 Å². The van der Waals surface area contributed by atoms with Crippen molar-refractivity contribution in [3.8, 4) is 11.1 Å². The Kier molecular flexibility index (Phi) is 7.30. The molecule has 0 aliphatic carbocycles. The number of pyridine rings is 1. The molecule has 35 heavy (non-hydrogen) atoms. The summed E-state index contributed by atoms with van der Waals surface area (Å²) in [7, 11) is -0.521. The maximum atomic E-state index is 13.6. The molecule has 0 amide bonds. The van der Waals surface area contributed by atoms with Crippen molar-refractivity contribution in [1.29, 1.82) is 0 Å². The van der Waals surface area contributed by atoms with Gasteiger partial charge in [-0.05, 0) is 59.8 Å². The summed E-state index contributed by atoms with van der Waals surface area (Å²) >= 11 is 3.44. The first-order chi connectivity index (χ1) is 16.4. The second-order valence-electron chi connectivity index (χ2n) is 9.56. The van der Waals surface area contributed by atoms with Crippen LogP contribution >= 0.6 is 26.0 Å². The predicted molar refractivity (Wildman–Crippen MR) is 155 cm³/mol. The molecule has 0 aliphatic heterocycles. The van der Waals surface area contributed by atoms with Gasteiger partial charge in [0.05, 0.1) is 23.2 Å². The summed E-state index contributed by atoms with van der Waals surface area (Å²) in [5, 5.41) is 5.48. The van der Waals surface area contributed by atoms with Crippen LogP contribution in [0, 0.1) is 6.92 Å². The summed E-state index contributed by atoms with van der Waals surface area (Å²) in [5.74, 6) is 1.03. The van der Waals surface area contributed by atoms with E-state index >= 15 is 0 Å². The number of halogens is 1. The van der Waals surface area contributed by atoms with Crippen LogP contribution in [0.25, 0.3) is 22.0 Å². The van der Waals surface area contributed by atoms with E-state index in [0.29, 0.717) is 23.5 Å². The summed E-state index contributed by atoms with van der Waals surface area (Å²) in [6.07, 6.45) is 10.1. The normalized spacial score (nSPS) is 12.9. The highest BCUT2D eigenvalue weighted by Crippen LogP contribution is 2.34. The van der Waals surface area contributed by atoms with E-state index in [1.807, 2.05) is 33.4 Å². The van der Waals surface area contributed by atoms with Gasteiger partial charge in [0.1, 0.15) is 11.3 Å². The number of fused-ring (bicyclic) bond motifs is 1. The van der Waals surface area contributed by atoms with Gasteiger partial charge in [-0.2, -0.15) is 5.10 Å². The van der Waals surface area contributed by atoms with Crippen molar-refractivity contribution in [2.75, 3.05) is 31.1 Å². The van der Waals surface area contributed by atoms with Crippen LogP contribution < -0.4 is 11.2 Å². The van der Waals surface area contributed by atoms with Crippen LogP contribution in [-0.2, 0) is 21.5 Å². The number of rotatable bonds is 8. The summed E-state index contributed by atoms with van der Waals surface area (Å²) in [5.41, 5.74) is 4.94. The Bertz CT molecular complexity index is 1490.